The first-order valence-electron chi connectivity index (χ1n) is 8.32. The Balaban J connectivity index is 1.72. The summed E-state index contributed by atoms with van der Waals surface area (Å²) in [7, 11) is 0. The van der Waals surface area contributed by atoms with E-state index in [1.165, 1.54) is 6.21 Å². The number of hydrogen-bond donors (Lipinski definition) is 1. The minimum atomic E-state index is -0.272. The molecule has 5 nitrogen and oxygen atoms in total. The van der Waals surface area contributed by atoms with Crippen LogP contribution in [0.5, 0.6) is 0 Å². The van der Waals surface area contributed by atoms with Gasteiger partial charge in [0.05, 0.1) is 24.0 Å². The molecular weight excluding hydrogens is 383 g/mol. The number of aromatic nitrogens is 2. The predicted octanol–water partition coefficient (Wildman–Crippen LogP) is 4.62. The molecule has 0 spiro atoms. The zero-order valence-electron chi connectivity index (χ0n) is 14.9. The van der Waals surface area contributed by atoms with E-state index in [-0.39, 0.29) is 5.91 Å². The van der Waals surface area contributed by atoms with Gasteiger partial charge in [-0.15, -0.1) is 0 Å². The summed E-state index contributed by atoms with van der Waals surface area (Å²) < 4.78 is 1.69. The molecule has 7 heteroatoms. The number of carbonyl (C=O) groups excluding carboxylic acids is 1. The van der Waals surface area contributed by atoms with Crippen molar-refractivity contribution < 1.29 is 4.79 Å². The molecule has 0 bridgehead atoms. The lowest BCUT2D eigenvalue weighted by atomic mass is 10.1. The summed E-state index contributed by atoms with van der Waals surface area (Å²) >= 11 is 12.4. The summed E-state index contributed by atoms with van der Waals surface area (Å²) in [6, 6.07) is 14.8. The van der Waals surface area contributed by atoms with Crippen molar-refractivity contribution in [3.63, 3.8) is 0 Å². The molecule has 0 radical (unpaired) electrons. The molecule has 0 saturated heterocycles. The van der Waals surface area contributed by atoms with Gasteiger partial charge >= 0.3 is 0 Å². The van der Waals surface area contributed by atoms with Crippen molar-refractivity contribution in [1.82, 2.24) is 15.2 Å². The molecule has 0 saturated carbocycles. The SMILES string of the molecule is Cc1ccccc1C(=O)N/N=C\c1c(C)nn(Cc2ccc(Cl)cc2)c1Cl. The third-order valence-electron chi connectivity index (χ3n) is 4.10. The Morgan fingerprint density at radius 2 is 1.85 bits per heavy atom. The normalized spacial score (nSPS) is 11.1. The van der Waals surface area contributed by atoms with E-state index in [1.807, 2.05) is 56.3 Å². The second kappa shape index (κ2) is 8.37. The molecule has 2 aromatic carbocycles. The number of carbonyl (C=O) groups is 1. The van der Waals surface area contributed by atoms with E-state index in [1.54, 1.807) is 10.7 Å². The van der Waals surface area contributed by atoms with Crippen LogP contribution in [0.25, 0.3) is 0 Å². The van der Waals surface area contributed by atoms with E-state index in [0.29, 0.717) is 27.8 Å². The van der Waals surface area contributed by atoms with Gasteiger partial charge in [0.15, 0.2) is 0 Å². The number of benzene rings is 2. The largest absolute Gasteiger partial charge is 0.271 e. The highest BCUT2D eigenvalue weighted by molar-refractivity contribution is 6.32. The molecule has 0 aliphatic carbocycles. The Bertz CT molecular complexity index is 994. The summed E-state index contributed by atoms with van der Waals surface area (Å²) in [5.74, 6) is -0.272. The maximum atomic E-state index is 12.2. The van der Waals surface area contributed by atoms with Crippen LogP contribution in [0, 0.1) is 13.8 Å². The standard InChI is InChI=1S/C20H18Cl2N4O/c1-13-5-3-4-6-17(13)20(27)24-23-11-18-14(2)25-26(19(18)22)12-15-7-9-16(21)10-8-15/h3-11H,12H2,1-2H3,(H,24,27)/b23-11-. The van der Waals surface area contributed by atoms with Gasteiger partial charge in [-0.25, -0.2) is 10.1 Å². The Morgan fingerprint density at radius 1 is 1.15 bits per heavy atom. The lowest BCUT2D eigenvalue weighted by Gasteiger charge is -2.04. The van der Waals surface area contributed by atoms with Crippen molar-refractivity contribution in [1.29, 1.82) is 0 Å². The number of hydrazone groups is 1. The minimum absolute atomic E-state index is 0.272. The van der Waals surface area contributed by atoms with Crippen molar-refractivity contribution >= 4 is 35.3 Å². The van der Waals surface area contributed by atoms with E-state index in [9.17, 15) is 4.79 Å². The van der Waals surface area contributed by atoms with Gasteiger partial charge in [0.2, 0.25) is 0 Å². The van der Waals surface area contributed by atoms with Crippen LogP contribution in [-0.2, 0) is 6.54 Å². The maximum Gasteiger partial charge on any atom is 0.271 e. The number of amides is 1. The van der Waals surface area contributed by atoms with Crippen LogP contribution in [0.4, 0.5) is 0 Å². The molecule has 1 aromatic heterocycles. The number of hydrogen-bond acceptors (Lipinski definition) is 3. The van der Waals surface area contributed by atoms with Gasteiger partial charge in [-0.1, -0.05) is 53.5 Å². The maximum absolute atomic E-state index is 12.2. The third kappa shape index (κ3) is 4.56. The van der Waals surface area contributed by atoms with Gasteiger partial charge in [-0.3, -0.25) is 4.79 Å². The summed E-state index contributed by atoms with van der Waals surface area (Å²) in [6.07, 6.45) is 1.51. The topological polar surface area (TPSA) is 59.3 Å². The zero-order valence-corrected chi connectivity index (χ0v) is 16.4. The van der Waals surface area contributed by atoms with Crippen LogP contribution in [0.3, 0.4) is 0 Å². The fourth-order valence-electron chi connectivity index (χ4n) is 2.62. The van der Waals surface area contributed by atoms with Crippen molar-refractivity contribution in [2.24, 2.45) is 5.10 Å². The number of nitrogens with one attached hydrogen (secondary N) is 1. The summed E-state index contributed by atoms with van der Waals surface area (Å²) in [5, 5.41) is 9.61. The van der Waals surface area contributed by atoms with Crippen molar-refractivity contribution in [2.75, 3.05) is 0 Å². The predicted molar refractivity (Wildman–Crippen MR) is 109 cm³/mol. The van der Waals surface area contributed by atoms with Gasteiger partial charge < -0.3 is 0 Å². The Labute approximate surface area is 167 Å². The fraction of sp³-hybridized carbons (Fsp3) is 0.150. The Morgan fingerprint density at radius 3 is 2.56 bits per heavy atom. The average molecular weight is 401 g/mol. The van der Waals surface area contributed by atoms with E-state index >= 15 is 0 Å². The van der Waals surface area contributed by atoms with Crippen LogP contribution >= 0.6 is 23.2 Å². The number of halogens is 2. The molecule has 3 aromatic rings. The number of aryl methyl sites for hydroxylation is 2. The molecule has 1 amide bonds. The van der Waals surface area contributed by atoms with Crippen molar-refractivity contribution in [3.8, 4) is 0 Å². The quantitative estimate of drug-likeness (QED) is 0.501. The minimum Gasteiger partial charge on any atom is -0.267 e. The van der Waals surface area contributed by atoms with Gasteiger partial charge in [-0.05, 0) is 43.2 Å². The highest BCUT2D eigenvalue weighted by Gasteiger charge is 2.13. The molecule has 0 unspecified atom stereocenters. The monoisotopic (exact) mass is 400 g/mol. The van der Waals surface area contributed by atoms with Crippen LogP contribution in [0.15, 0.2) is 53.6 Å². The fourth-order valence-corrected chi connectivity index (χ4v) is 3.03. The molecule has 0 aliphatic rings. The lowest BCUT2D eigenvalue weighted by Crippen LogP contribution is -2.18. The molecule has 27 heavy (non-hydrogen) atoms. The number of rotatable bonds is 5. The van der Waals surface area contributed by atoms with E-state index in [0.717, 1.165) is 16.8 Å². The van der Waals surface area contributed by atoms with Gasteiger partial charge in [-0.2, -0.15) is 10.2 Å². The second-order valence-corrected chi connectivity index (χ2v) is 6.88. The average Bonchev–Trinajstić information content (AvgIpc) is 2.91. The molecule has 0 fully saturated rings. The first-order valence-corrected chi connectivity index (χ1v) is 9.07. The van der Waals surface area contributed by atoms with E-state index < -0.39 is 0 Å². The van der Waals surface area contributed by atoms with Crippen LogP contribution in [0.2, 0.25) is 10.2 Å². The molecule has 1 N–H and O–H groups in total. The first kappa shape index (κ1) is 19.1. The molecule has 0 atom stereocenters. The van der Waals surface area contributed by atoms with Crippen molar-refractivity contribution in [2.45, 2.75) is 20.4 Å². The highest BCUT2D eigenvalue weighted by Crippen LogP contribution is 2.20. The van der Waals surface area contributed by atoms with Gasteiger partial charge in [0.1, 0.15) is 5.15 Å². The first-order chi connectivity index (χ1) is 13.0. The zero-order chi connectivity index (χ0) is 19.4. The summed E-state index contributed by atoms with van der Waals surface area (Å²) in [5.41, 5.74) is 6.41. The van der Waals surface area contributed by atoms with Crippen LogP contribution in [-0.4, -0.2) is 21.9 Å². The molecule has 138 valence electrons. The lowest BCUT2D eigenvalue weighted by molar-refractivity contribution is 0.0954. The van der Waals surface area contributed by atoms with Gasteiger partial charge in [0.25, 0.3) is 5.91 Å². The second-order valence-electron chi connectivity index (χ2n) is 6.09. The number of nitrogens with zero attached hydrogens (tertiary/aromatic N) is 3. The van der Waals surface area contributed by atoms with Crippen molar-refractivity contribution in [3.05, 3.63) is 86.7 Å². The van der Waals surface area contributed by atoms with Crippen LogP contribution < -0.4 is 5.43 Å². The van der Waals surface area contributed by atoms with E-state index in [2.05, 4.69) is 15.6 Å². The molecule has 0 aliphatic heterocycles. The molecule has 1 heterocycles. The summed E-state index contributed by atoms with van der Waals surface area (Å²) in [6.45, 7) is 4.23. The Kier molecular flexibility index (Phi) is 5.94. The molecular formula is C20H18Cl2N4O. The van der Waals surface area contributed by atoms with E-state index in [4.69, 9.17) is 23.2 Å². The third-order valence-corrected chi connectivity index (χ3v) is 4.76. The smallest absolute Gasteiger partial charge is 0.267 e. The highest BCUT2D eigenvalue weighted by atomic mass is 35.5. The summed E-state index contributed by atoms with van der Waals surface area (Å²) in [4.78, 5) is 12.2. The Hall–Kier alpha value is -2.63. The molecule has 3 rings (SSSR count). The van der Waals surface area contributed by atoms with Crippen LogP contribution in [0.1, 0.15) is 32.7 Å². The van der Waals surface area contributed by atoms with Gasteiger partial charge in [0, 0.05) is 10.6 Å².